The minimum Gasteiger partial charge on any atom is -0.459 e. The van der Waals surface area contributed by atoms with Crippen LogP contribution in [0.4, 0.5) is 0 Å². The number of carbonyl (C=O) groups is 1. The molecule has 0 aliphatic heterocycles. The molecule has 0 amide bonds. The summed E-state index contributed by atoms with van der Waals surface area (Å²) in [5.74, 6) is 3.43. The third kappa shape index (κ3) is 4.27. The van der Waals surface area contributed by atoms with Crippen LogP contribution in [0.15, 0.2) is 48.1 Å². The number of esters is 1. The summed E-state index contributed by atoms with van der Waals surface area (Å²) < 4.78 is 6.24. The van der Waals surface area contributed by atoms with Gasteiger partial charge in [-0.2, -0.15) is 0 Å². The van der Waals surface area contributed by atoms with Gasteiger partial charge in [0.15, 0.2) is 0 Å². The predicted molar refractivity (Wildman–Crippen MR) is 170 cm³/mol. The Labute approximate surface area is 250 Å². The van der Waals surface area contributed by atoms with E-state index in [-0.39, 0.29) is 22.9 Å². The number of hydrogen-bond donors (Lipinski definition) is 0. The van der Waals surface area contributed by atoms with Gasteiger partial charge in [-0.15, -0.1) is 0 Å². The molecule has 4 saturated carbocycles. The first-order valence-corrected chi connectivity index (χ1v) is 16.9. The van der Waals surface area contributed by atoms with E-state index < -0.39 is 0 Å². The summed E-state index contributed by atoms with van der Waals surface area (Å²) in [5.41, 5.74) is 4.25. The van der Waals surface area contributed by atoms with Gasteiger partial charge < -0.3 is 4.74 Å². The molecule has 5 aliphatic carbocycles. The SMILES string of the molecule is C[C@H]1[C@@H](C)CC[C@]2(C)CC[C@@]3(C)C(=CC[C@H]4[C@@]5(C)CC[C@H](OC(=O)C=Cc6ccccc6)C(C)(C)[C@@H]5CC[C@]43C)[C@@H]12. The van der Waals surface area contributed by atoms with Gasteiger partial charge in [-0.25, -0.2) is 4.79 Å². The lowest BCUT2D eigenvalue weighted by atomic mass is 9.33. The quantitative estimate of drug-likeness (QED) is 0.210. The van der Waals surface area contributed by atoms with Crippen molar-refractivity contribution in [2.24, 2.45) is 56.7 Å². The number of hydrogen-bond acceptors (Lipinski definition) is 2. The molecule has 0 saturated heterocycles. The van der Waals surface area contributed by atoms with E-state index in [9.17, 15) is 4.79 Å². The maximum Gasteiger partial charge on any atom is 0.331 e. The molecule has 2 nitrogen and oxygen atoms in total. The summed E-state index contributed by atoms with van der Waals surface area (Å²) in [4.78, 5) is 13.0. The molecule has 10 atom stereocenters. The first kappa shape index (κ1) is 29.3. The number of carbonyl (C=O) groups excluding carboxylic acids is 1. The fourth-order valence-electron chi connectivity index (χ4n) is 11.9. The molecule has 0 radical (unpaired) electrons. The normalized spacial score (nSPS) is 46.9. The van der Waals surface area contributed by atoms with Crippen molar-refractivity contribution in [1.82, 2.24) is 0 Å². The highest BCUT2D eigenvalue weighted by Gasteiger charge is 2.68. The average Bonchev–Trinajstić information content (AvgIpc) is 2.93. The van der Waals surface area contributed by atoms with Gasteiger partial charge in [0.2, 0.25) is 0 Å². The zero-order chi connectivity index (χ0) is 29.4. The molecule has 41 heavy (non-hydrogen) atoms. The molecular weight excluding hydrogens is 500 g/mol. The number of ether oxygens (including phenoxy) is 1. The van der Waals surface area contributed by atoms with Crippen LogP contribution in [0.1, 0.15) is 119 Å². The molecule has 5 aliphatic rings. The van der Waals surface area contributed by atoms with E-state index in [0.717, 1.165) is 36.2 Å². The van der Waals surface area contributed by atoms with Crippen molar-refractivity contribution in [3.63, 3.8) is 0 Å². The van der Waals surface area contributed by atoms with Gasteiger partial charge in [-0.1, -0.05) is 97.4 Å². The lowest BCUT2D eigenvalue weighted by molar-refractivity contribution is -0.211. The van der Waals surface area contributed by atoms with Gasteiger partial charge in [-0.05, 0) is 121 Å². The van der Waals surface area contributed by atoms with Crippen molar-refractivity contribution < 1.29 is 9.53 Å². The van der Waals surface area contributed by atoms with Crippen LogP contribution in [0, 0.1) is 56.7 Å². The van der Waals surface area contributed by atoms with Crippen LogP contribution in [-0.4, -0.2) is 12.1 Å². The van der Waals surface area contributed by atoms with Gasteiger partial charge in [0.1, 0.15) is 6.10 Å². The Balaban J connectivity index is 1.26. The van der Waals surface area contributed by atoms with Crippen molar-refractivity contribution >= 4 is 12.0 Å². The fraction of sp³-hybridized carbons (Fsp3) is 0.718. The molecule has 0 spiro atoms. The molecule has 0 unspecified atom stereocenters. The molecule has 0 bridgehead atoms. The van der Waals surface area contributed by atoms with Crippen LogP contribution < -0.4 is 0 Å². The fourth-order valence-corrected chi connectivity index (χ4v) is 11.9. The van der Waals surface area contributed by atoms with E-state index in [2.05, 4.69) is 61.5 Å². The summed E-state index contributed by atoms with van der Waals surface area (Å²) in [6, 6.07) is 10.0. The van der Waals surface area contributed by atoms with Crippen LogP contribution in [-0.2, 0) is 9.53 Å². The summed E-state index contributed by atoms with van der Waals surface area (Å²) in [6.45, 7) is 20.6. The molecule has 2 heteroatoms. The molecule has 4 fully saturated rings. The van der Waals surface area contributed by atoms with Gasteiger partial charge in [0.05, 0.1) is 0 Å². The van der Waals surface area contributed by atoms with Crippen molar-refractivity contribution in [3.05, 3.63) is 53.6 Å². The largest absolute Gasteiger partial charge is 0.459 e. The summed E-state index contributed by atoms with van der Waals surface area (Å²) in [7, 11) is 0. The Morgan fingerprint density at radius 3 is 2.32 bits per heavy atom. The van der Waals surface area contributed by atoms with Gasteiger partial charge in [0, 0.05) is 11.5 Å². The molecule has 224 valence electrons. The Hall–Kier alpha value is -1.83. The average molecular weight is 557 g/mol. The number of benzene rings is 1. The highest BCUT2D eigenvalue weighted by atomic mass is 16.5. The zero-order valence-electron chi connectivity index (χ0n) is 27.3. The van der Waals surface area contributed by atoms with E-state index in [4.69, 9.17) is 4.74 Å². The second kappa shape index (κ2) is 9.85. The zero-order valence-corrected chi connectivity index (χ0v) is 27.3. The minimum atomic E-state index is -0.199. The summed E-state index contributed by atoms with van der Waals surface area (Å²) in [5, 5.41) is 0. The molecule has 0 N–H and O–H groups in total. The first-order chi connectivity index (χ1) is 19.3. The number of rotatable bonds is 3. The van der Waals surface area contributed by atoms with Crippen LogP contribution in [0.5, 0.6) is 0 Å². The van der Waals surface area contributed by atoms with Crippen LogP contribution in [0.25, 0.3) is 6.08 Å². The van der Waals surface area contributed by atoms with Crippen LogP contribution in [0.3, 0.4) is 0 Å². The molecule has 1 aromatic carbocycles. The number of fused-ring (bicyclic) bond motifs is 7. The standard InChI is InChI=1S/C39H56O2/c1-26-18-21-36(5)24-25-38(7)29(34(36)27(26)2)15-16-31-37(6)22-20-32(35(3,4)30(37)19-23-39(31,38)8)41-33(40)17-14-28-12-10-9-11-13-28/h9-15,17,26-27,30-32,34H,16,18-25H2,1-8H3/t26-,27-,30-,31-,32-,34+,36+,37-,38-,39+/m0/s1. The predicted octanol–water partition coefficient (Wildman–Crippen LogP) is 10.3. The van der Waals surface area contributed by atoms with Gasteiger partial charge in [-0.3, -0.25) is 0 Å². The second-order valence-electron chi connectivity index (χ2n) is 16.8. The van der Waals surface area contributed by atoms with Crippen LogP contribution in [0.2, 0.25) is 0 Å². The minimum absolute atomic E-state index is 0.0249. The van der Waals surface area contributed by atoms with Crippen molar-refractivity contribution in [2.45, 2.75) is 119 Å². The van der Waals surface area contributed by atoms with E-state index >= 15 is 0 Å². The van der Waals surface area contributed by atoms with Crippen molar-refractivity contribution in [1.29, 1.82) is 0 Å². The Morgan fingerprint density at radius 1 is 0.854 bits per heavy atom. The Kier molecular flexibility index (Phi) is 7.03. The number of allylic oxidation sites excluding steroid dienone is 2. The van der Waals surface area contributed by atoms with E-state index in [0.29, 0.717) is 28.1 Å². The maximum absolute atomic E-state index is 13.0. The van der Waals surface area contributed by atoms with Gasteiger partial charge in [0.25, 0.3) is 0 Å². The Bertz CT molecular complexity index is 1230. The van der Waals surface area contributed by atoms with E-state index in [1.165, 1.54) is 44.9 Å². The third-order valence-electron chi connectivity index (χ3n) is 14.8. The van der Waals surface area contributed by atoms with E-state index in [1.54, 1.807) is 6.08 Å². The van der Waals surface area contributed by atoms with Gasteiger partial charge >= 0.3 is 5.97 Å². The lowest BCUT2D eigenvalue weighted by Crippen LogP contribution is -2.65. The summed E-state index contributed by atoms with van der Waals surface area (Å²) in [6.07, 6.45) is 17.8. The van der Waals surface area contributed by atoms with E-state index in [1.807, 2.05) is 42.0 Å². The van der Waals surface area contributed by atoms with Crippen molar-refractivity contribution in [2.75, 3.05) is 0 Å². The second-order valence-corrected chi connectivity index (χ2v) is 16.8. The molecule has 0 heterocycles. The Morgan fingerprint density at radius 2 is 1.59 bits per heavy atom. The monoisotopic (exact) mass is 556 g/mol. The smallest absolute Gasteiger partial charge is 0.331 e. The molecule has 0 aromatic heterocycles. The first-order valence-electron chi connectivity index (χ1n) is 16.9. The summed E-state index contributed by atoms with van der Waals surface area (Å²) >= 11 is 0. The van der Waals surface area contributed by atoms with Crippen LogP contribution >= 0.6 is 0 Å². The topological polar surface area (TPSA) is 26.3 Å². The lowest BCUT2D eigenvalue weighted by Gasteiger charge is -2.71. The van der Waals surface area contributed by atoms with Crippen molar-refractivity contribution in [3.8, 4) is 0 Å². The molecule has 1 aromatic rings. The highest BCUT2D eigenvalue weighted by molar-refractivity contribution is 5.87. The third-order valence-corrected chi connectivity index (χ3v) is 14.8. The molecular formula is C39H56O2. The highest BCUT2D eigenvalue weighted by Crippen LogP contribution is 2.75. The molecule has 6 rings (SSSR count). The maximum atomic E-state index is 13.0.